The van der Waals surface area contributed by atoms with Gasteiger partial charge in [-0.05, 0) is 34.5 Å². The Labute approximate surface area is 137 Å². The summed E-state index contributed by atoms with van der Waals surface area (Å²) in [7, 11) is 0. The molecule has 120 valence electrons. The molecule has 3 rings (SSSR count). The molecule has 6 heteroatoms. The molecule has 0 bridgehead atoms. The van der Waals surface area contributed by atoms with Crippen LogP contribution in [0.2, 0.25) is 0 Å². The molecule has 1 atom stereocenters. The Balaban J connectivity index is 1.66. The molecule has 5 nitrogen and oxygen atoms in total. The average molecular weight is 330 g/mol. The summed E-state index contributed by atoms with van der Waals surface area (Å²) in [5.41, 5.74) is 2.46. The van der Waals surface area contributed by atoms with E-state index in [-0.39, 0.29) is 25.2 Å². The lowest BCUT2D eigenvalue weighted by Gasteiger charge is -2.17. The van der Waals surface area contributed by atoms with Crippen molar-refractivity contribution < 1.29 is 14.6 Å². The zero-order chi connectivity index (χ0) is 16.1. The number of amides is 1. The van der Waals surface area contributed by atoms with E-state index in [4.69, 9.17) is 9.84 Å². The molecular weight excluding hydrogens is 312 g/mol. The number of para-hydroxylation sites is 1. The summed E-state index contributed by atoms with van der Waals surface area (Å²) in [4.78, 5) is 15.4. The van der Waals surface area contributed by atoms with Crippen LogP contribution in [-0.4, -0.2) is 35.8 Å². The molecule has 0 aliphatic carbocycles. The predicted molar refractivity (Wildman–Crippen MR) is 90.7 cm³/mol. The van der Waals surface area contributed by atoms with Crippen molar-refractivity contribution in [2.24, 2.45) is 0 Å². The van der Waals surface area contributed by atoms with E-state index in [2.05, 4.69) is 10.3 Å². The largest absolute Gasteiger partial charge is 0.394 e. The average Bonchev–Trinajstić information content (AvgIpc) is 3.24. The maximum absolute atomic E-state index is 12.3. The highest BCUT2D eigenvalue weighted by Crippen LogP contribution is 2.20. The Morgan fingerprint density at radius 3 is 2.96 bits per heavy atom. The van der Waals surface area contributed by atoms with Crippen molar-refractivity contribution in [1.29, 1.82) is 0 Å². The third-order valence-corrected chi connectivity index (χ3v) is 4.25. The van der Waals surface area contributed by atoms with E-state index >= 15 is 0 Å². The molecular formula is C17H18N2O3S. The number of carbonyl (C=O) groups excluding carboxylic acids is 1. The van der Waals surface area contributed by atoms with Crippen molar-refractivity contribution in [3.05, 3.63) is 58.4 Å². The van der Waals surface area contributed by atoms with Crippen LogP contribution < -0.4 is 5.32 Å². The molecule has 23 heavy (non-hydrogen) atoms. The van der Waals surface area contributed by atoms with Gasteiger partial charge in [0.15, 0.2) is 0 Å². The number of aromatic amines is 1. The van der Waals surface area contributed by atoms with E-state index in [1.54, 1.807) is 11.3 Å². The number of aromatic nitrogens is 1. The number of aliphatic hydroxyl groups excluding tert-OH is 1. The first kappa shape index (κ1) is 15.7. The molecule has 3 aromatic rings. The molecule has 0 aliphatic rings. The van der Waals surface area contributed by atoms with Gasteiger partial charge in [-0.1, -0.05) is 18.2 Å². The molecule has 0 spiro atoms. The maximum Gasteiger partial charge on any atom is 0.267 e. The summed E-state index contributed by atoms with van der Waals surface area (Å²) >= 11 is 1.57. The second-order valence-corrected chi connectivity index (χ2v) is 5.90. The SMILES string of the molecule is O=C(NCC(OCCO)c1ccsc1)c1cc2ccccc2[nH]1. The second kappa shape index (κ2) is 7.41. The van der Waals surface area contributed by atoms with Crippen LogP contribution in [0.3, 0.4) is 0 Å². The van der Waals surface area contributed by atoms with Gasteiger partial charge in [-0.25, -0.2) is 0 Å². The van der Waals surface area contributed by atoms with Gasteiger partial charge in [0.05, 0.1) is 13.2 Å². The number of fused-ring (bicyclic) bond motifs is 1. The minimum Gasteiger partial charge on any atom is -0.394 e. The van der Waals surface area contributed by atoms with Gasteiger partial charge in [-0.3, -0.25) is 4.79 Å². The normalized spacial score (nSPS) is 12.4. The number of H-pyrrole nitrogens is 1. The van der Waals surface area contributed by atoms with Gasteiger partial charge in [-0.2, -0.15) is 11.3 Å². The van der Waals surface area contributed by atoms with Crippen molar-refractivity contribution in [3.63, 3.8) is 0 Å². The Kier molecular flexibility index (Phi) is 5.07. The molecule has 0 radical (unpaired) electrons. The Morgan fingerprint density at radius 1 is 1.35 bits per heavy atom. The van der Waals surface area contributed by atoms with E-state index in [1.165, 1.54) is 0 Å². The van der Waals surface area contributed by atoms with Crippen LogP contribution in [0.4, 0.5) is 0 Å². The van der Waals surface area contributed by atoms with Gasteiger partial charge in [0, 0.05) is 17.4 Å². The van der Waals surface area contributed by atoms with Crippen LogP contribution in [0.5, 0.6) is 0 Å². The van der Waals surface area contributed by atoms with Crippen LogP contribution in [0.15, 0.2) is 47.2 Å². The molecule has 3 N–H and O–H groups in total. The number of nitrogens with one attached hydrogen (secondary N) is 2. The zero-order valence-corrected chi connectivity index (χ0v) is 13.3. The van der Waals surface area contributed by atoms with Crippen molar-refractivity contribution in [3.8, 4) is 0 Å². The molecule has 0 fully saturated rings. The van der Waals surface area contributed by atoms with Gasteiger partial charge < -0.3 is 20.1 Å². The van der Waals surface area contributed by atoms with E-state index in [0.717, 1.165) is 16.5 Å². The third-order valence-electron chi connectivity index (χ3n) is 3.55. The number of hydrogen-bond acceptors (Lipinski definition) is 4. The third kappa shape index (κ3) is 3.79. The standard InChI is InChI=1S/C17H18N2O3S/c20-6-7-22-16(13-5-8-23-11-13)10-18-17(21)15-9-12-3-1-2-4-14(12)19-15/h1-5,8-9,11,16,19-20H,6-7,10H2,(H,18,21). The monoisotopic (exact) mass is 330 g/mol. The minimum atomic E-state index is -0.262. The van der Waals surface area contributed by atoms with Gasteiger partial charge in [0.2, 0.25) is 0 Å². The zero-order valence-electron chi connectivity index (χ0n) is 12.5. The van der Waals surface area contributed by atoms with Crippen molar-refractivity contribution >= 4 is 28.1 Å². The first-order valence-corrected chi connectivity index (χ1v) is 8.32. The summed E-state index contributed by atoms with van der Waals surface area (Å²) in [5.74, 6) is -0.172. The van der Waals surface area contributed by atoms with Crippen LogP contribution in [0.25, 0.3) is 10.9 Å². The Bertz CT molecular complexity index is 734. The van der Waals surface area contributed by atoms with E-state index < -0.39 is 0 Å². The Hall–Kier alpha value is -2.15. The van der Waals surface area contributed by atoms with Crippen LogP contribution >= 0.6 is 11.3 Å². The fourth-order valence-electron chi connectivity index (χ4n) is 2.40. The molecule has 1 aromatic carbocycles. The maximum atomic E-state index is 12.3. The van der Waals surface area contributed by atoms with E-state index in [9.17, 15) is 4.79 Å². The lowest BCUT2D eigenvalue weighted by atomic mass is 10.2. The molecule has 1 amide bonds. The van der Waals surface area contributed by atoms with Crippen LogP contribution in [0.1, 0.15) is 22.2 Å². The van der Waals surface area contributed by atoms with Gasteiger partial charge in [0.1, 0.15) is 11.8 Å². The first-order valence-electron chi connectivity index (χ1n) is 7.38. The number of hydrogen-bond donors (Lipinski definition) is 3. The Morgan fingerprint density at radius 2 is 2.22 bits per heavy atom. The number of carbonyl (C=O) groups is 1. The second-order valence-electron chi connectivity index (χ2n) is 5.12. The lowest BCUT2D eigenvalue weighted by molar-refractivity contribution is 0.0279. The summed E-state index contributed by atoms with van der Waals surface area (Å²) < 4.78 is 5.61. The summed E-state index contributed by atoms with van der Waals surface area (Å²) in [6.45, 7) is 0.546. The van der Waals surface area contributed by atoms with E-state index in [0.29, 0.717) is 12.2 Å². The molecule has 2 heterocycles. The summed E-state index contributed by atoms with van der Waals surface area (Å²) in [6, 6.07) is 11.6. The summed E-state index contributed by atoms with van der Waals surface area (Å²) in [5, 5.41) is 16.8. The fraction of sp³-hybridized carbons (Fsp3) is 0.235. The van der Waals surface area contributed by atoms with Crippen molar-refractivity contribution in [2.75, 3.05) is 19.8 Å². The number of ether oxygens (including phenoxy) is 1. The lowest BCUT2D eigenvalue weighted by Crippen LogP contribution is -2.30. The van der Waals surface area contributed by atoms with Crippen LogP contribution in [0, 0.1) is 0 Å². The number of benzene rings is 1. The minimum absolute atomic E-state index is 0.0450. The van der Waals surface area contributed by atoms with Crippen molar-refractivity contribution in [1.82, 2.24) is 10.3 Å². The van der Waals surface area contributed by atoms with Gasteiger partial charge in [-0.15, -0.1) is 0 Å². The highest BCUT2D eigenvalue weighted by Gasteiger charge is 2.15. The van der Waals surface area contributed by atoms with Gasteiger partial charge in [0.25, 0.3) is 5.91 Å². The highest BCUT2D eigenvalue weighted by molar-refractivity contribution is 7.07. The van der Waals surface area contributed by atoms with Crippen molar-refractivity contribution in [2.45, 2.75) is 6.10 Å². The number of aliphatic hydroxyl groups is 1. The smallest absolute Gasteiger partial charge is 0.267 e. The topological polar surface area (TPSA) is 74.3 Å². The summed E-state index contributed by atoms with van der Waals surface area (Å²) in [6.07, 6.45) is -0.262. The molecule has 2 aromatic heterocycles. The number of rotatable bonds is 7. The fourth-order valence-corrected chi connectivity index (χ4v) is 3.10. The highest BCUT2D eigenvalue weighted by atomic mass is 32.1. The van der Waals surface area contributed by atoms with E-state index in [1.807, 2.05) is 47.2 Å². The predicted octanol–water partition coefficient (Wildman–Crippen LogP) is 2.71. The quantitative estimate of drug-likeness (QED) is 0.623. The molecule has 0 saturated carbocycles. The number of thiophene rings is 1. The molecule has 1 unspecified atom stereocenters. The van der Waals surface area contributed by atoms with Crippen LogP contribution in [-0.2, 0) is 4.74 Å². The first-order chi connectivity index (χ1) is 11.3. The van der Waals surface area contributed by atoms with Gasteiger partial charge >= 0.3 is 0 Å². The molecule has 0 aliphatic heterocycles. The molecule has 0 saturated heterocycles.